The predicted molar refractivity (Wildman–Crippen MR) is 75.1 cm³/mol. The standard InChI is InChI=1S/C14H15FN4/c1-8-7-11(19-14-17-5-6-18-14)9(2)12-10(15)3-4-16-13(8)12/h3-4,7H,5-6H2,1-2H3,(H2,17,18,19). The first-order chi connectivity index (χ1) is 9.16. The van der Waals surface area contributed by atoms with Gasteiger partial charge in [0.15, 0.2) is 5.96 Å². The SMILES string of the molecule is Cc1cc(NC2=NCCN2)c(C)c2c(F)ccnc12. The fraction of sp³-hybridized carbons (Fsp3) is 0.286. The molecular weight excluding hydrogens is 243 g/mol. The summed E-state index contributed by atoms with van der Waals surface area (Å²) in [5.74, 6) is 0.502. The Morgan fingerprint density at radius 2 is 2.21 bits per heavy atom. The Bertz CT molecular complexity index is 679. The highest BCUT2D eigenvalue weighted by molar-refractivity contribution is 5.99. The molecule has 1 aliphatic heterocycles. The van der Waals surface area contributed by atoms with Gasteiger partial charge < -0.3 is 10.6 Å². The number of guanidine groups is 1. The Morgan fingerprint density at radius 3 is 2.95 bits per heavy atom. The van der Waals surface area contributed by atoms with Crippen molar-refractivity contribution in [3.05, 3.63) is 35.3 Å². The number of anilines is 1. The molecule has 3 rings (SSSR count). The molecule has 0 saturated carbocycles. The molecule has 4 nitrogen and oxygen atoms in total. The first kappa shape index (κ1) is 11.9. The number of fused-ring (bicyclic) bond motifs is 1. The zero-order chi connectivity index (χ0) is 13.4. The monoisotopic (exact) mass is 258 g/mol. The second-order valence-electron chi connectivity index (χ2n) is 4.66. The summed E-state index contributed by atoms with van der Waals surface area (Å²) >= 11 is 0. The minimum Gasteiger partial charge on any atom is -0.354 e. The summed E-state index contributed by atoms with van der Waals surface area (Å²) in [6.07, 6.45) is 1.50. The summed E-state index contributed by atoms with van der Waals surface area (Å²) in [5, 5.41) is 6.93. The van der Waals surface area contributed by atoms with Crippen LogP contribution in [0.5, 0.6) is 0 Å². The van der Waals surface area contributed by atoms with Crippen LogP contribution in [0.15, 0.2) is 23.3 Å². The molecule has 98 valence electrons. The molecule has 1 aromatic heterocycles. The highest BCUT2D eigenvalue weighted by atomic mass is 19.1. The molecule has 2 N–H and O–H groups in total. The van der Waals surface area contributed by atoms with Crippen LogP contribution in [0.3, 0.4) is 0 Å². The van der Waals surface area contributed by atoms with Crippen LogP contribution in [0.4, 0.5) is 10.1 Å². The lowest BCUT2D eigenvalue weighted by Gasteiger charge is -2.14. The summed E-state index contributed by atoms with van der Waals surface area (Å²) in [5.41, 5.74) is 3.37. The molecule has 0 saturated heterocycles. The average molecular weight is 258 g/mol. The summed E-state index contributed by atoms with van der Waals surface area (Å²) in [6.45, 7) is 5.43. The van der Waals surface area contributed by atoms with Gasteiger partial charge in [0.1, 0.15) is 5.82 Å². The van der Waals surface area contributed by atoms with Gasteiger partial charge in [-0.1, -0.05) is 0 Å². The van der Waals surface area contributed by atoms with Crippen LogP contribution in [-0.4, -0.2) is 24.0 Å². The molecule has 19 heavy (non-hydrogen) atoms. The van der Waals surface area contributed by atoms with Gasteiger partial charge in [-0.2, -0.15) is 0 Å². The maximum Gasteiger partial charge on any atom is 0.195 e. The Kier molecular flexibility index (Phi) is 2.81. The van der Waals surface area contributed by atoms with Crippen LogP contribution in [0.25, 0.3) is 10.9 Å². The van der Waals surface area contributed by atoms with Gasteiger partial charge in [-0.3, -0.25) is 9.98 Å². The molecule has 1 aliphatic rings. The molecule has 2 heterocycles. The maximum atomic E-state index is 14.0. The van der Waals surface area contributed by atoms with Crippen molar-refractivity contribution >= 4 is 22.5 Å². The lowest BCUT2D eigenvalue weighted by Crippen LogP contribution is -2.26. The van der Waals surface area contributed by atoms with Gasteiger partial charge >= 0.3 is 0 Å². The topological polar surface area (TPSA) is 49.3 Å². The number of aliphatic imine (C=N–C) groups is 1. The number of benzene rings is 1. The quantitative estimate of drug-likeness (QED) is 0.825. The summed E-state index contributed by atoms with van der Waals surface area (Å²) in [7, 11) is 0. The van der Waals surface area contributed by atoms with Gasteiger partial charge in [0.25, 0.3) is 0 Å². The van der Waals surface area contributed by atoms with Gasteiger partial charge in [0.05, 0.1) is 12.1 Å². The van der Waals surface area contributed by atoms with E-state index in [1.165, 1.54) is 12.3 Å². The van der Waals surface area contributed by atoms with Gasteiger partial charge in [-0.05, 0) is 37.1 Å². The normalized spacial score (nSPS) is 14.4. The lowest BCUT2D eigenvalue weighted by atomic mass is 10.0. The smallest absolute Gasteiger partial charge is 0.195 e. The number of nitrogens with one attached hydrogen (secondary N) is 2. The lowest BCUT2D eigenvalue weighted by molar-refractivity contribution is 0.638. The highest BCUT2D eigenvalue weighted by Gasteiger charge is 2.13. The van der Waals surface area contributed by atoms with Crippen molar-refractivity contribution in [2.24, 2.45) is 4.99 Å². The van der Waals surface area contributed by atoms with E-state index in [1.54, 1.807) is 0 Å². The van der Waals surface area contributed by atoms with Crippen molar-refractivity contribution in [3.8, 4) is 0 Å². The molecule has 0 bridgehead atoms. The molecule has 2 aromatic rings. The number of hydrogen-bond donors (Lipinski definition) is 2. The van der Waals surface area contributed by atoms with Crippen molar-refractivity contribution < 1.29 is 4.39 Å². The highest BCUT2D eigenvalue weighted by Crippen LogP contribution is 2.29. The molecule has 0 fully saturated rings. The van der Waals surface area contributed by atoms with Crippen LogP contribution < -0.4 is 10.6 Å². The molecule has 0 amide bonds. The Hall–Kier alpha value is -2.17. The molecule has 0 atom stereocenters. The molecule has 1 aromatic carbocycles. The number of halogens is 1. The van der Waals surface area contributed by atoms with E-state index in [0.29, 0.717) is 10.9 Å². The molecule has 0 aliphatic carbocycles. The van der Waals surface area contributed by atoms with Crippen molar-refractivity contribution in [2.45, 2.75) is 13.8 Å². The van der Waals surface area contributed by atoms with Gasteiger partial charge in [-0.25, -0.2) is 4.39 Å². The molecular formula is C14H15FN4. The zero-order valence-corrected chi connectivity index (χ0v) is 10.9. The maximum absolute atomic E-state index is 14.0. The second kappa shape index (κ2) is 4.50. The Morgan fingerprint density at radius 1 is 1.37 bits per heavy atom. The Labute approximate surface area is 110 Å². The van der Waals surface area contributed by atoms with E-state index in [-0.39, 0.29) is 5.82 Å². The first-order valence-corrected chi connectivity index (χ1v) is 6.26. The number of pyridine rings is 1. The minimum atomic E-state index is -0.240. The summed E-state index contributed by atoms with van der Waals surface area (Å²) in [4.78, 5) is 8.55. The third-order valence-corrected chi connectivity index (χ3v) is 3.34. The van der Waals surface area contributed by atoms with E-state index >= 15 is 0 Å². The zero-order valence-electron chi connectivity index (χ0n) is 10.9. The minimum absolute atomic E-state index is 0.240. The summed E-state index contributed by atoms with van der Waals surface area (Å²) < 4.78 is 14.0. The Balaban J connectivity index is 2.15. The van der Waals surface area contributed by atoms with Crippen LogP contribution in [0.2, 0.25) is 0 Å². The fourth-order valence-electron chi connectivity index (χ4n) is 2.36. The van der Waals surface area contributed by atoms with E-state index in [9.17, 15) is 4.39 Å². The fourth-order valence-corrected chi connectivity index (χ4v) is 2.36. The van der Waals surface area contributed by atoms with Crippen molar-refractivity contribution in [1.82, 2.24) is 10.3 Å². The third-order valence-electron chi connectivity index (χ3n) is 3.34. The predicted octanol–water partition coefficient (Wildman–Crippen LogP) is 2.36. The largest absolute Gasteiger partial charge is 0.354 e. The number of hydrogen-bond acceptors (Lipinski definition) is 4. The van der Waals surface area contributed by atoms with E-state index < -0.39 is 0 Å². The van der Waals surface area contributed by atoms with E-state index in [4.69, 9.17) is 0 Å². The average Bonchev–Trinajstić information content (AvgIpc) is 2.88. The third kappa shape index (κ3) is 2.01. The van der Waals surface area contributed by atoms with E-state index in [1.807, 2.05) is 19.9 Å². The van der Waals surface area contributed by atoms with Crippen LogP contribution in [0, 0.1) is 19.7 Å². The number of rotatable bonds is 1. The van der Waals surface area contributed by atoms with Crippen LogP contribution in [-0.2, 0) is 0 Å². The van der Waals surface area contributed by atoms with Gasteiger partial charge in [-0.15, -0.1) is 0 Å². The van der Waals surface area contributed by atoms with Crippen LogP contribution in [0.1, 0.15) is 11.1 Å². The van der Waals surface area contributed by atoms with Crippen molar-refractivity contribution in [2.75, 3.05) is 18.4 Å². The number of aryl methyl sites for hydroxylation is 2. The number of aromatic nitrogens is 1. The van der Waals surface area contributed by atoms with E-state index in [0.717, 1.165) is 35.9 Å². The van der Waals surface area contributed by atoms with Gasteiger partial charge in [0, 0.05) is 23.8 Å². The molecule has 0 spiro atoms. The molecule has 0 unspecified atom stereocenters. The molecule has 5 heteroatoms. The van der Waals surface area contributed by atoms with Gasteiger partial charge in [0.2, 0.25) is 0 Å². The summed E-state index contributed by atoms with van der Waals surface area (Å²) in [6, 6.07) is 3.37. The van der Waals surface area contributed by atoms with Crippen molar-refractivity contribution in [3.63, 3.8) is 0 Å². The second-order valence-corrected chi connectivity index (χ2v) is 4.66. The van der Waals surface area contributed by atoms with E-state index in [2.05, 4.69) is 20.6 Å². The first-order valence-electron chi connectivity index (χ1n) is 6.26. The number of nitrogens with zero attached hydrogens (tertiary/aromatic N) is 2. The van der Waals surface area contributed by atoms with Crippen molar-refractivity contribution in [1.29, 1.82) is 0 Å². The van der Waals surface area contributed by atoms with Crippen LogP contribution >= 0.6 is 0 Å². The molecule has 0 radical (unpaired) electrons.